The second-order valence-electron chi connectivity index (χ2n) is 3.60. The molecule has 58 valence electrons. The molecule has 1 unspecified atom stereocenters. The van der Waals surface area contributed by atoms with Gasteiger partial charge in [0.1, 0.15) is 6.10 Å². The molecule has 1 rings (SSSR count). The highest BCUT2D eigenvalue weighted by Gasteiger charge is 2.29. The fourth-order valence-electron chi connectivity index (χ4n) is 1.47. The van der Waals surface area contributed by atoms with Crippen LogP contribution in [0.3, 0.4) is 0 Å². The van der Waals surface area contributed by atoms with Crippen LogP contribution in [0.4, 0.5) is 0 Å². The number of rotatable bonds is 1. The molecule has 1 nitrogen and oxygen atoms in total. The van der Waals surface area contributed by atoms with Crippen molar-refractivity contribution in [1.82, 2.24) is 0 Å². The molecule has 1 aliphatic rings. The van der Waals surface area contributed by atoms with E-state index in [1.807, 2.05) is 6.26 Å². The second kappa shape index (κ2) is 2.65. The van der Waals surface area contributed by atoms with Crippen molar-refractivity contribution >= 4 is 0 Å². The molecule has 1 heteroatoms. The van der Waals surface area contributed by atoms with E-state index in [1.54, 1.807) is 0 Å². The number of hydrogen-bond donors (Lipinski definition) is 0. The number of ether oxygens (including phenoxy) is 1. The molecule has 0 aromatic carbocycles. The van der Waals surface area contributed by atoms with Crippen molar-refractivity contribution in [2.75, 3.05) is 0 Å². The van der Waals surface area contributed by atoms with Gasteiger partial charge in [-0.1, -0.05) is 20.8 Å². The summed E-state index contributed by atoms with van der Waals surface area (Å²) in [7, 11) is 0. The van der Waals surface area contributed by atoms with Crippen molar-refractivity contribution in [2.45, 2.75) is 39.7 Å². The van der Waals surface area contributed by atoms with E-state index >= 15 is 0 Å². The quantitative estimate of drug-likeness (QED) is 0.544. The Morgan fingerprint density at radius 3 is 2.70 bits per heavy atom. The zero-order chi connectivity index (χ0) is 7.61. The summed E-state index contributed by atoms with van der Waals surface area (Å²) in [5.41, 5.74) is 0.337. The Kier molecular flexibility index (Phi) is 2.02. The third kappa shape index (κ3) is 1.34. The van der Waals surface area contributed by atoms with Gasteiger partial charge in [-0.25, -0.2) is 0 Å². The van der Waals surface area contributed by atoms with Crippen molar-refractivity contribution in [3.63, 3.8) is 0 Å². The molecule has 0 fully saturated rings. The summed E-state index contributed by atoms with van der Waals surface area (Å²) in [6.07, 6.45) is 6.60. The topological polar surface area (TPSA) is 9.23 Å². The zero-order valence-electron chi connectivity index (χ0n) is 7.05. The lowest BCUT2D eigenvalue weighted by Gasteiger charge is -2.34. The van der Waals surface area contributed by atoms with Gasteiger partial charge in [0.2, 0.25) is 0 Å². The molecule has 1 aliphatic heterocycles. The third-order valence-electron chi connectivity index (χ3n) is 2.23. The van der Waals surface area contributed by atoms with Gasteiger partial charge in [-0.05, 0) is 18.9 Å². The van der Waals surface area contributed by atoms with E-state index in [2.05, 4.69) is 26.8 Å². The van der Waals surface area contributed by atoms with Crippen molar-refractivity contribution in [2.24, 2.45) is 5.41 Å². The van der Waals surface area contributed by atoms with Gasteiger partial charge in [0.15, 0.2) is 0 Å². The fraction of sp³-hybridized carbons (Fsp3) is 0.778. The molecular formula is C9H16O. The lowest BCUT2D eigenvalue weighted by Crippen LogP contribution is -2.31. The van der Waals surface area contributed by atoms with Crippen molar-refractivity contribution < 1.29 is 4.74 Å². The van der Waals surface area contributed by atoms with Gasteiger partial charge in [0.25, 0.3) is 0 Å². The average molecular weight is 140 g/mol. The van der Waals surface area contributed by atoms with Crippen LogP contribution < -0.4 is 0 Å². The average Bonchev–Trinajstić information content (AvgIpc) is 1.87. The summed E-state index contributed by atoms with van der Waals surface area (Å²) >= 11 is 0. The largest absolute Gasteiger partial charge is 0.498 e. The molecule has 0 saturated carbocycles. The van der Waals surface area contributed by atoms with Crippen LogP contribution >= 0.6 is 0 Å². The highest BCUT2D eigenvalue weighted by atomic mass is 16.5. The van der Waals surface area contributed by atoms with Crippen LogP contribution in [0.25, 0.3) is 0 Å². The van der Waals surface area contributed by atoms with Crippen LogP contribution in [0.1, 0.15) is 33.6 Å². The predicted octanol–water partition coefficient (Wildman–Crippen LogP) is 2.73. The van der Waals surface area contributed by atoms with Crippen LogP contribution in [0, 0.1) is 5.41 Å². The third-order valence-corrected chi connectivity index (χ3v) is 2.23. The van der Waals surface area contributed by atoms with E-state index in [1.165, 1.54) is 0 Å². The zero-order valence-corrected chi connectivity index (χ0v) is 7.05. The molecule has 10 heavy (non-hydrogen) atoms. The minimum atomic E-state index is 0.337. The van der Waals surface area contributed by atoms with Crippen molar-refractivity contribution in [1.29, 1.82) is 0 Å². The van der Waals surface area contributed by atoms with E-state index in [0.717, 1.165) is 12.8 Å². The smallest absolute Gasteiger partial charge is 0.103 e. The monoisotopic (exact) mass is 140 g/mol. The summed E-state index contributed by atoms with van der Waals surface area (Å²) in [4.78, 5) is 0. The highest BCUT2D eigenvalue weighted by Crippen LogP contribution is 2.33. The van der Waals surface area contributed by atoms with Gasteiger partial charge in [-0.15, -0.1) is 0 Å². The lowest BCUT2D eigenvalue weighted by molar-refractivity contribution is 0.0184. The summed E-state index contributed by atoms with van der Waals surface area (Å²) in [6.45, 7) is 6.68. The lowest BCUT2D eigenvalue weighted by atomic mass is 9.81. The van der Waals surface area contributed by atoms with Crippen LogP contribution in [0.2, 0.25) is 0 Å². The summed E-state index contributed by atoms with van der Waals surface area (Å²) in [5, 5.41) is 0. The van der Waals surface area contributed by atoms with Gasteiger partial charge in [-0.2, -0.15) is 0 Å². The summed E-state index contributed by atoms with van der Waals surface area (Å²) in [5.74, 6) is 0. The Morgan fingerprint density at radius 2 is 2.30 bits per heavy atom. The Bertz CT molecular complexity index is 136. The molecule has 0 saturated heterocycles. The second-order valence-corrected chi connectivity index (χ2v) is 3.60. The van der Waals surface area contributed by atoms with Crippen molar-refractivity contribution in [3.8, 4) is 0 Å². The molecule has 0 aliphatic carbocycles. The molecule has 0 aromatic heterocycles. The maximum atomic E-state index is 5.46. The molecule has 0 N–H and O–H groups in total. The van der Waals surface area contributed by atoms with Crippen molar-refractivity contribution in [3.05, 3.63) is 12.3 Å². The first-order valence-corrected chi connectivity index (χ1v) is 3.97. The Morgan fingerprint density at radius 1 is 1.60 bits per heavy atom. The van der Waals surface area contributed by atoms with E-state index < -0.39 is 0 Å². The Hall–Kier alpha value is -0.460. The van der Waals surface area contributed by atoms with Crippen LogP contribution in [0.5, 0.6) is 0 Å². The van der Waals surface area contributed by atoms with Crippen LogP contribution in [-0.2, 0) is 4.74 Å². The minimum absolute atomic E-state index is 0.337. The molecule has 0 amide bonds. The molecule has 0 spiro atoms. The minimum Gasteiger partial charge on any atom is -0.498 e. The van der Waals surface area contributed by atoms with Gasteiger partial charge in [0.05, 0.1) is 6.26 Å². The van der Waals surface area contributed by atoms with Crippen LogP contribution in [-0.4, -0.2) is 6.10 Å². The normalized spacial score (nSPS) is 29.7. The van der Waals surface area contributed by atoms with E-state index in [0.29, 0.717) is 11.5 Å². The van der Waals surface area contributed by atoms with E-state index in [9.17, 15) is 0 Å². The van der Waals surface area contributed by atoms with Gasteiger partial charge in [0, 0.05) is 5.41 Å². The Balaban J connectivity index is 2.63. The molecule has 0 bridgehead atoms. The molecule has 0 aromatic rings. The first-order chi connectivity index (χ1) is 4.67. The van der Waals surface area contributed by atoms with Gasteiger partial charge in [-0.3, -0.25) is 0 Å². The molecule has 1 heterocycles. The van der Waals surface area contributed by atoms with Gasteiger partial charge < -0.3 is 4.74 Å². The molecule has 0 radical (unpaired) electrons. The first kappa shape index (κ1) is 7.64. The maximum absolute atomic E-state index is 5.46. The standard InChI is InChI=1S/C9H16O/c1-4-8-9(2,3)6-5-7-10-8/h5,7-8H,4,6H2,1-3H3. The summed E-state index contributed by atoms with van der Waals surface area (Å²) in [6, 6.07) is 0. The highest BCUT2D eigenvalue weighted by molar-refractivity contribution is 4.93. The number of allylic oxidation sites excluding steroid dienone is 1. The number of hydrogen-bond acceptors (Lipinski definition) is 1. The Labute approximate surface area is 63.1 Å². The van der Waals surface area contributed by atoms with E-state index in [-0.39, 0.29) is 0 Å². The van der Waals surface area contributed by atoms with E-state index in [4.69, 9.17) is 4.74 Å². The van der Waals surface area contributed by atoms with Gasteiger partial charge >= 0.3 is 0 Å². The summed E-state index contributed by atoms with van der Waals surface area (Å²) < 4.78 is 5.46. The SMILES string of the molecule is CCC1OC=CCC1(C)C. The predicted molar refractivity (Wildman–Crippen MR) is 42.7 cm³/mol. The van der Waals surface area contributed by atoms with Crippen LogP contribution in [0.15, 0.2) is 12.3 Å². The molecular weight excluding hydrogens is 124 g/mol. The first-order valence-electron chi connectivity index (χ1n) is 3.97. The fourth-order valence-corrected chi connectivity index (χ4v) is 1.47. The maximum Gasteiger partial charge on any atom is 0.103 e. The molecule has 1 atom stereocenters.